The van der Waals surface area contributed by atoms with Gasteiger partial charge in [-0.25, -0.2) is 0 Å². The van der Waals surface area contributed by atoms with Gasteiger partial charge in [0, 0.05) is 25.9 Å². The molecule has 1 aliphatic heterocycles. The quantitative estimate of drug-likeness (QED) is 0.771. The van der Waals surface area contributed by atoms with Gasteiger partial charge in [-0.1, -0.05) is 48.9 Å². The molecule has 1 N–H and O–H groups in total. The second kappa shape index (κ2) is 7.68. The molecule has 0 unspecified atom stereocenters. The van der Waals surface area contributed by atoms with Gasteiger partial charge in [0.25, 0.3) is 0 Å². The maximum atomic E-state index is 12.4. The van der Waals surface area contributed by atoms with Crippen LogP contribution in [-0.2, 0) is 30.6 Å². The van der Waals surface area contributed by atoms with Gasteiger partial charge < -0.3 is 9.88 Å². The van der Waals surface area contributed by atoms with Crippen molar-refractivity contribution in [2.24, 2.45) is 0 Å². The lowest BCUT2D eigenvalue weighted by atomic mass is 10.0. The summed E-state index contributed by atoms with van der Waals surface area (Å²) in [7, 11) is 0. The SMILES string of the molecule is O=C(Cc1cccc2ccccc12)NCCc1nnc2n1CCCCC2. The molecule has 0 saturated carbocycles. The predicted molar refractivity (Wildman–Crippen MR) is 102 cm³/mol. The third-order valence-electron chi connectivity index (χ3n) is 5.09. The number of rotatable bonds is 5. The molecular weight excluding hydrogens is 324 g/mol. The average molecular weight is 348 g/mol. The van der Waals surface area contributed by atoms with Crippen LogP contribution in [0.1, 0.15) is 36.5 Å². The van der Waals surface area contributed by atoms with Gasteiger partial charge in [0.05, 0.1) is 6.42 Å². The zero-order chi connectivity index (χ0) is 17.8. The smallest absolute Gasteiger partial charge is 0.224 e. The van der Waals surface area contributed by atoms with E-state index in [1.54, 1.807) is 0 Å². The molecule has 0 spiro atoms. The molecule has 2 aromatic carbocycles. The van der Waals surface area contributed by atoms with E-state index < -0.39 is 0 Å². The summed E-state index contributed by atoms with van der Waals surface area (Å²) in [5.74, 6) is 2.14. The van der Waals surface area contributed by atoms with Crippen molar-refractivity contribution < 1.29 is 4.79 Å². The number of aryl methyl sites for hydroxylation is 1. The molecule has 0 fully saturated rings. The van der Waals surface area contributed by atoms with Gasteiger partial charge in [0.1, 0.15) is 11.6 Å². The van der Waals surface area contributed by atoms with E-state index in [1.807, 2.05) is 24.3 Å². The highest BCUT2D eigenvalue weighted by molar-refractivity contribution is 5.90. The first-order valence-corrected chi connectivity index (χ1v) is 9.45. The molecule has 26 heavy (non-hydrogen) atoms. The minimum atomic E-state index is 0.0527. The van der Waals surface area contributed by atoms with Crippen LogP contribution in [0.5, 0.6) is 0 Å². The number of hydrogen-bond donors (Lipinski definition) is 1. The Morgan fingerprint density at radius 3 is 2.88 bits per heavy atom. The number of benzene rings is 2. The van der Waals surface area contributed by atoms with Crippen molar-refractivity contribution in [3.05, 3.63) is 59.7 Å². The Kier molecular flexibility index (Phi) is 4.95. The Balaban J connectivity index is 1.35. The van der Waals surface area contributed by atoms with Crippen LogP contribution < -0.4 is 5.32 Å². The molecule has 2 heterocycles. The van der Waals surface area contributed by atoms with Crippen molar-refractivity contribution >= 4 is 16.7 Å². The second-order valence-corrected chi connectivity index (χ2v) is 6.91. The van der Waals surface area contributed by atoms with Crippen LogP contribution in [0.15, 0.2) is 42.5 Å². The summed E-state index contributed by atoms with van der Waals surface area (Å²) < 4.78 is 2.24. The molecule has 3 aromatic rings. The van der Waals surface area contributed by atoms with Crippen LogP contribution in [0.4, 0.5) is 0 Å². The Morgan fingerprint density at radius 1 is 1.04 bits per heavy atom. The Labute approximate surface area is 153 Å². The number of carbonyl (C=O) groups is 1. The number of hydrogen-bond acceptors (Lipinski definition) is 3. The zero-order valence-electron chi connectivity index (χ0n) is 14.9. The lowest BCUT2D eigenvalue weighted by Gasteiger charge is -2.09. The molecule has 134 valence electrons. The van der Waals surface area contributed by atoms with E-state index in [9.17, 15) is 4.79 Å². The molecule has 5 heteroatoms. The molecular formula is C21H24N4O. The van der Waals surface area contributed by atoms with Crippen molar-refractivity contribution in [1.82, 2.24) is 20.1 Å². The summed E-state index contributed by atoms with van der Waals surface area (Å²) in [6.45, 7) is 1.60. The number of amides is 1. The minimum absolute atomic E-state index is 0.0527. The van der Waals surface area contributed by atoms with Gasteiger partial charge >= 0.3 is 0 Å². The first-order chi connectivity index (χ1) is 12.8. The van der Waals surface area contributed by atoms with E-state index in [2.05, 4.69) is 38.3 Å². The molecule has 0 radical (unpaired) electrons. The largest absolute Gasteiger partial charge is 0.355 e. The standard InChI is InChI=1S/C21H24N4O/c26-21(15-17-9-6-8-16-7-3-4-10-18(16)17)22-13-12-20-24-23-19-11-2-1-5-14-25(19)20/h3-4,6-10H,1-2,5,11-15H2,(H,22,26). The molecule has 5 nitrogen and oxygen atoms in total. The topological polar surface area (TPSA) is 59.8 Å². The van der Waals surface area contributed by atoms with Crippen molar-refractivity contribution in [3.8, 4) is 0 Å². The van der Waals surface area contributed by atoms with Crippen molar-refractivity contribution in [3.63, 3.8) is 0 Å². The Hall–Kier alpha value is -2.69. The van der Waals surface area contributed by atoms with Gasteiger partial charge in [-0.3, -0.25) is 4.79 Å². The second-order valence-electron chi connectivity index (χ2n) is 6.91. The number of nitrogens with zero attached hydrogens (tertiary/aromatic N) is 3. The van der Waals surface area contributed by atoms with E-state index in [0.717, 1.165) is 42.0 Å². The van der Waals surface area contributed by atoms with E-state index in [4.69, 9.17) is 0 Å². The van der Waals surface area contributed by atoms with E-state index in [-0.39, 0.29) is 5.91 Å². The summed E-state index contributed by atoms with van der Waals surface area (Å²) in [6, 6.07) is 14.3. The van der Waals surface area contributed by atoms with Crippen LogP contribution in [0, 0.1) is 0 Å². The van der Waals surface area contributed by atoms with E-state index in [1.165, 1.54) is 24.6 Å². The van der Waals surface area contributed by atoms with Crippen LogP contribution in [0.3, 0.4) is 0 Å². The number of fused-ring (bicyclic) bond motifs is 2. The number of nitrogens with one attached hydrogen (secondary N) is 1. The lowest BCUT2D eigenvalue weighted by molar-refractivity contribution is -0.120. The summed E-state index contributed by atoms with van der Waals surface area (Å²) in [5.41, 5.74) is 1.07. The summed E-state index contributed by atoms with van der Waals surface area (Å²) in [6.07, 6.45) is 5.78. The predicted octanol–water partition coefficient (Wildman–Crippen LogP) is 3.06. The molecule has 1 aromatic heterocycles. The van der Waals surface area contributed by atoms with Gasteiger partial charge in [-0.2, -0.15) is 0 Å². The van der Waals surface area contributed by atoms with E-state index in [0.29, 0.717) is 13.0 Å². The Morgan fingerprint density at radius 2 is 1.92 bits per heavy atom. The minimum Gasteiger partial charge on any atom is -0.355 e. The van der Waals surface area contributed by atoms with Crippen LogP contribution in [0.2, 0.25) is 0 Å². The molecule has 0 saturated heterocycles. The summed E-state index contributed by atoms with van der Waals surface area (Å²) in [4.78, 5) is 12.4. The third-order valence-corrected chi connectivity index (χ3v) is 5.09. The van der Waals surface area contributed by atoms with Crippen molar-refractivity contribution in [2.75, 3.05) is 6.54 Å². The monoisotopic (exact) mass is 348 g/mol. The maximum Gasteiger partial charge on any atom is 0.224 e. The van der Waals surface area contributed by atoms with E-state index >= 15 is 0 Å². The Bertz CT molecular complexity index is 910. The molecule has 1 aliphatic rings. The van der Waals surface area contributed by atoms with Gasteiger partial charge in [-0.15, -0.1) is 10.2 Å². The van der Waals surface area contributed by atoms with Gasteiger partial charge in [0.2, 0.25) is 5.91 Å². The van der Waals surface area contributed by atoms with Crippen molar-refractivity contribution in [1.29, 1.82) is 0 Å². The normalized spacial score (nSPS) is 14.0. The highest BCUT2D eigenvalue weighted by Gasteiger charge is 2.14. The summed E-state index contributed by atoms with van der Waals surface area (Å²) in [5, 5.41) is 14.0. The van der Waals surface area contributed by atoms with Crippen LogP contribution >= 0.6 is 0 Å². The molecule has 0 aliphatic carbocycles. The average Bonchev–Trinajstić information content (AvgIpc) is 2.88. The molecule has 0 atom stereocenters. The third kappa shape index (κ3) is 3.62. The number of aromatic nitrogens is 3. The van der Waals surface area contributed by atoms with Crippen LogP contribution in [0.25, 0.3) is 10.8 Å². The van der Waals surface area contributed by atoms with Gasteiger partial charge in [-0.05, 0) is 29.2 Å². The maximum absolute atomic E-state index is 12.4. The zero-order valence-corrected chi connectivity index (χ0v) is 14.9. The summed E-state index contributed by atoms with van der Waals surface area (Å²) >= 11 is 0. The fourth-order valence-corrected chi connectivity index (χ4v) is 3.73. The van der Waals surface area contributed by atoms with Crippen molar-refractivity contribution in [2.45, 2.75) is 45.1 Å². The van der Waals surface area contributed by atoms with Crippen LogP contribution in [-0.4, -0.2) is 27.2 Å². The number of carbonyl (C=O) groups excluding carboxylic acids is 1. The highest BCUT2D eigenvalue weighted by Crippen LogP contribution is 2.19. The lowest BCUT2D eigenvalue weighted by Crippen LogP contribution is -2.28. The molecule has 0 bridgehead atoms. The molecule has 4 rings (SSSR count). The highest BCUT2D eigenvalue weighted by atomic mass is 16.1. The molecule has 1 amide bonds. The fourth-order valence-electron chi connectivity index (χ4n) is 3.73. The van der Waals surface area contributed by atoms with Gasteiger partial charge in [0.15, 0.2) is 0 Å². The fraction of sp³-hybridized carbons (Fsp3) is 0.381. The first-order valence-electron chi connectivity index (χ1n) is 9.45. The first kappa shape index (κ1) is 16.8.